The fraction of sp³-hybridized carbons (Fsp3) is 0.130. The summed E-state index contributed by atoms with van der Waals surface area (Å²) in [4.78, 5) is 25.3. The van der Waals surface area contributed by atoms with Crippen molar-refractivity contribution in [3.8, 4) is 5.75 Å². The van der Waals surface area contributed by atoms with Crippen LogP contribution in [0.15, 0.2) is 66.7 Å². The van der Waals surface area contributed by atoms with Gasteiger partial charge in [-0.1, -0.05) is 30.3 Å². The van der Waals surface area contributed by atoms with E-state index in [1.807, 2.05) is 44.2 Å². The fourth-order valence-corrected chi connectivity index (χ4v) is 2.83. The lowest BCUT2D eigenvalue weighted by Crippen LogP contribution is -2.16. The molecule has 0 aliphatic rings. The molecule has 3 aromatic carbocycles. The molecule has 0 radical (unpaired) electrons. The van der Waals surface area contributed by atoms with Gasteiger partial charge in [-0.05, 0) is 61.4 Å². The quantitative estimate of drug-likeness (QED) is 0.673. The lowest BCUT2D eigenvalue weighted by atomic mass is 10.1. The second-order valence-electron chi connectivity index (χ2n) is 6.44. The monoisotopic (exact) mass is 374 g/mol. The summed E-state index contributed by atoms with van der Waals surface area (Å²) in [5, 5.41) is 5.73. The van der Waals surface area contributed by atoms with E-state index in [2.05, 4.69) is 10.6 Å². The first-order valence-corrected chi connectivity index (χ1v) is 8.91. The van der Waals surface area contributed by atoms with Crippen molar-refractivity contribution in [3.05, 3.63) is 89.0 Å². The van der Waals surface area contributed by atoms with E-state index in [0.29, 0.717) is 22.6 Å². The van der Waals surface area contributed by atoms with Crippen molar-refractivity contribution < 1.29 is 14.3 Å². The van der Waals surface area contributed by atoms with E-state index >= 15 is 0 Å². The van der Waals surface area contributed by atoms with E-state index in [4.69, 9.17) is 4.74 Å². The number of para-hydroxylation sites is 2. The molecular formula is C23H22N2O3. The largest absolute Gasteiger partial charge is 0.495 e. The maximum absolute atomic E-state index is 12.6. The van der Waals surface area contributed by atoms with Crippen LogP contribution in [0.25, 0.3) is 0 Å². The summed E-state index contributed by atoms with van der Waals surface area (Å²) in [7, 11) is 1.54. The molecule has 2 N–H and O–H groups in total. The van der Waals surface area contributed by atoms with Crippen molar-refractivity contribution in [2.45, 2.75) is 13.8 Å². The summed E-state index contributed by atoms with van der Waals surface area (Å²) < 4.78 is 5.25. The third-order valence-corrected chi connectivity index (χ3v) is 4.59. The number of methoxy groups -OCH3 is 1. The van der Waals surface area contributed by atoms with Gasteiger partial charge in [0.1, 0.15) is 5.75 Å². The molecular weight excluding hydrogens is 352 g/mol. The van der Waals surface area contributed by atoms with Crippen molar-refractivity contribution in [2.75, 3.05) is 17.7 Å². The molecule has 0 fully saturated rings. The number of carbonyl (C=O) groups excluding carboxylic acids is 2. The molecule has 3 rings (SSSR count). The molecule has 0 atom stereocenters. The van der Waals surface area contributed by atoms with Crippen LogP contribution in [-0.2, 0) is 0 Å². The van der Waals surface area contributed by atoms with Gasteiger partial charge in [-0.25, -0.2) is 0 Å². The molecule has 3 aromatic rings. The maximum Gasteiger partial charge on any atom is 0.255 e. The van der Waals surface area contributed by atoms with Crippen LogP contribution >= 0.6 is 0 Å². The lowest BCUT2D eigenvalue weighted by Gasteiger charge is -2.12. The first-order valence-electron chi connectivity index (χ1n) is 8.91. The fourth-order valence-electron chi connectivity index (χ4n) is 2.83. The number of benzene rings is 3. The smallest absolute Gasteiger partial charge is 0.255 e. The van der Waals surface area contributed by atoms with Gasteiger partial charge in [0.05, 0.1) is 12.8 Å². The number of nitrogens with one attached hydrogen (secondary N) is 2. The Balaban J connectivity index is 1.78. The average molecular weight is 374 g/mol. The van der Waals surface area contributed by atoms with Crippen LogP contribution in [0.4, 0.5) is 11.4 Å². The van der Waals surface area contributed by atoms with E-state index in [-0.39, 0.29) is 11.8 Å². The molecule has 2 amide bonds. The first-order chi connectivity index (χ1) is 13.5. The lowest BCUT2D eigenvalue weighted by molar-refractivity contribution is 0.102. The van der Waals surface area contributed by atoms with E-state index < -0.39 is 0 Å². The van der Waals surface area contributed by atoms with Crippen LogP contribution in [0.3, 0.4) is 0 Å². The molecule has 28 heavy (non-hydrogen) atoms. The second-order valence-corrected chi connectivity index (χ2v) is 6.44. The highest BCUT2D eigenvalue weighted by Gasteiger charge is 2.13. The number of ether oxygens (including phenoxy) is 1. The van der Waals surface area contributed by atoms with Crippen LogP contribution in [0.2, 0.25) is 0 Å². The summed E-state index contributed by atoms with van der Waals surface area (Å²) in [5.41, 5.74) is 4.24. The van der Waals surface area contributed by atoms with Gasteiger partial charge in [-0.15, -0.1) is 0 Å². The predicted octanol–water partition coefficient (Wildman–Crippen LogP) is 4.82. The zero-order chi connectivity index (χ0) is 20.1. The molecule has 0 saturated heterocycles. The van der Waals surface area contributed by atoms with E-state index in [0.717, 1.165) is 16.8 Å². The number of carbonyl (C=O) groups is 2. The van der Waals surface area contributed by atoms with Gasteiger partial charge in [0.2, 0.25) is 0 Å². The summed E-state index contributed by atoms with van der Waals surface area (Å²) in [5.74, 6) is -0.00815. The molecule has 142 valence electrons. The SMILES string of the molecule is COc1ccccc1NC(=O)c1cccc(C(=O)Nc2cccc(C)c2C)c1. The minimum absolute atomic E-state index is 0.263. The standard InChI is InChI=1S/C23H22N2O3/c1-15-8-6-12-19(16(15)2)24-22(26)17-9-7-10-18(14-17)23(27)25-20-11-4-5-13-21(20)28-3/h4-14H,1-3H3,(H,24,26)(H,25,27). The Morgan fingerprint density at radius 2 is 1.32 bits per heavy atom. The van der Waals surface area contributed by atoms with Crippen LogP contribution in [0.5, 0.6) is 5.75 Å². The van der Waals surface area contributed by atoms with Crippen molar-refractivity contribution in [3.63, 3.8) is 0 Å². The van der Waals surface area contributed by atoms with Gasteiger partial charge in [0.25, 0.3) is 11.8 Å². The minimum atomic E-state index is -0.314. The van der Waals surface area contributed by atoms with Crippen LogP contribution < -0.4 is 15.4 Å². The van der Waals surface area contributed by atoms with Gasteiger partial charge in [-0.3, -0.25) is 9.59 Å². The number of amides is 2. The number of anilines is 2. The molecule has 0 aromatic heterocycles. The topological polar surface area (TPSA) is 67.4 Å². The molecule has 0 aliphatic carbocycles. The van der Waals surface area contributed by atoms with Gasteiger partial charge < -0.3 is 15.4 Å². The third kappa shape index (κ3) is 4.20. The second kappa shape index (κ2) is 8.39. The highest BCUT2D eigenvalue weighted by molar-refractivity contribution is 6.09. The molecule has 0 saturated carbocycles. The Bertz CT molecular complexity index is 1030. The van der Waals surface area contributed by atoms with Crippen LogP contribution in [-0.4, -0.2) is 18.9 Å². The van der Waals surface area contributed by atoms with Crippen LogP contribution in [0, 0.1) is 13.8 Å². The predicted molar refractivity (Wildman–Crippen MR) is 111 cm³/mol. The Morgan fingerprint density at radius 3 is 2.00 bits per heavy atom. The molecule has 0 aliphatic heterocycles. The summed E-state index contributed by atoms with van der Waals surface area (Å²) >= 11 is 0. The first kappa shape index (κ1) is 19.2. The maximum atomic E-state index is 12.6. The number of aryl methyl sites for hydroxylation is 1. The highest BCUT2D eigenvalue weighted by Crippen LogP contribution is 2.24. The minimum Gasteiger partial charge on any atom is -0.495 e. The summed E-state index contributed by atoms with van der Waals surface area (Å²) in [6.07, 6.45) is 0. The van der Waals surface area contributed by atoms with Gasteiger partial charge in [0.15, 0.2) is 0 Å². The highest BCUT2D eigenvalue weighted by atomic mass is 16.5. The zero-order valence-corrected chi connectivity index (χ0v) is 16.1. The zero-order valence-electron chi connectivity index (χ0n) is 16.1. The Hall–Kier alpha value is -3.60. The summed E-state index contributed by atoms with van der Waals surface area (Å²) in [6.45, 7) is 3.95. The molecule has 0 spiro atoms. The van der Waals surface area contributed by atoms with E-state index in [9.17, 15) is 9.59 Å². The molecule has 0 bridgehead atoms. The Morgan fingerprint density at radius 1 is 0.750 bits per heavy atom. The molecule has 0 unspecified atom stereocenters. The normalized spacial score (nSPS) is 10.2. The van der Waals surface area contributed by atoms with Crippen molar-refractivity contribution in [2.24, 2.45) is 0 Å². The van der Waals surface area contributed by atoms with Crippen LogP contribution in [0.1, 0.15) is 31.8 Å². The van der Waals surface area contributed by atoms with Crippen molar-refractivity contribution >= 4 is 23.2 Å². The number of hydrogen-bond acceptors (Lipinski definition) is 3. The Labute approximate surface area is 164 Å². The number of rotatable bonds is 5. The summed E-state index contributed by atoms with van der Waals surface area (Å²) in [6, 6.07) is 19.5. The molecule has 0 heterocycles. The molecule has 5 nitrogen and oxygen atoms in total. The Kier molecular flexibility index (Phi) is 5.75. The average Bonchev–Trinajstić information content (AvgIpc) is 2.72. The third-order valence-electron chi connectivity index (χ3n) is 4.59. The van der Waals surface area contributed by atoms with Crippen molar-refractivity contribution in [1.82, 2.24) is 0 Å². The molecule has 5 heteroatoms. The van der Waals surface area contributed by atoms with Crippen molar-refractivity contribution in [1.29, 1.82) is 0 Å². The van der Waals surface area contributed by atoms with Gasteiger partial charge in [-0.2, -0.15) is 0 Å². The van der Waals surface area contributed by atoms with Gasteiger partial charge >= 0.3 is 0 Å². The number of hydrogen-bond donors (Lipinski definition) is 2. The van der Waals surface area contributed by atoms with E-state index in [1.165, 1.54) is 0 Å². The van der Waals surface area contributed by atoms with E-state index in [1.54, 1.807) is 43.5 Å². The van der Waals surface area contributed by atoms with Gasteiger partial charge in [0, 0.05) is 16.8 Å².